The Balaban J connectivity index is 2.68. The SMILES string of the molecule is CC(CN)N(C)C(=O)c1ccc[nH]1. The number of rotatable bonds is 3. The summed E-state index contributed by atoms with van der Waals surface area (Å²) in [4.78, 5) is 16.1. The minimum absolute atomic E-state index is 0.0250. The van der Waals surface area contributed by atoms with E-state index < -0.39 is 0 Å². The molecule has 0 fully saturated rings. The Morgan fingerprint density at radius 2 is 2.46 bits per heavy atom. The summed E-state index contributed by atoms with van der Waals surface area (Å²) in [6, 6.07) is 3.62. The summed E-state index contributed by atoms with van der Waals surface area (Å²) < 4.78 is 0. The molecule has 13 heavy (non-hydrogen) atoms. The Kier molecular flexibility index (Phi) is 3.08. The molecule has 1 heterocycles. The third-order valence-corrected chi connectivity index (χ3v) is 2.15. The van der Waals surface area contributed by atoms with Gasteiger partial charge in [0.15, 0.2) is 0 Å². The van der Waals surface area contributed by atoms with Crippen molar-refractivity contribution in [2.75, 3.05) is 13.6 Å². The van der Waals surface area contributed by atoms with E-state index in [1.165, 1.54) is 0 Å². The summed E-state index contributed by atoms with van der Waals surface area (Å²) >= 11 is 0. The van der Waals surface area contributed by atoms with Crippen LogP contribution in [0.15, 0.2) is 18.3 Å². The van der Waals surface area contributed by atoms with Crippen LogP contribution in [0.1, 0.15) is 17.4 Å². The fourth-order valence-corrected chi connectivity index (χ4v) is 1.01. The van der Waals surface area contributed by atoms with E-state index in [0.717, 1.165) is 0 Å². The monoisotopic (exact) mass is 181 g/mol. The first kappa shape index (κ1) is 9.80. The molecule has 0 saturated heterocycles. The van der Waals surface area contributed by atoms with Crippen LogP contribution in [-0.4, -0.2) is 35.4 Å². The zero-order valence-corrected chi connectivity index (χ0v) is 7.95. The topological polar surface area (TPSA) is 62.1 Å². The molecule has 0 saturated carbocycles. The Labute approximate surface area is 77.7 Å². The Morgan fingerprint density at radius 1 is 1.77 bits per heavy atom. The second-order valence-electron chi connectivity index (χ2n) is 3.08. The van der Waals surface area contributed by atoms with Gasteiger partial charge in [-0.15, -0.1) is 0 Å². The Morgan fingerprint density at radius 3 is 2.92 bits per heavy atom. The Hall–Kier alpha value is -1.29. The highest BCUT2D eigenvalue weighted by atomic mass is 16.2. The number of nitrogens with two attached hydrogens (primary N) is 1. The minimum Gasteiger partial charge on any atom is -0.357 e. The molecule has 1 aromatic rings. The van der Waals surface area contributed by atoms with Gasteiger partial charge in [-0.3, -0.25) is 4.79 Å². The molecular formula is C9H15N3O. The third kappa shape index (κ3) is 2.09. The van der Waals surface area contributed by atoms with E-state index >= 15 is 0 Å². The maximum Gasteiger partial charge on any atom is 0.270 e. The van der Waals surface area contributed by atoms with Gasteiger partial charge < -0.3 is 15.6 Å². The maximum absolute atomic E-state index is 11.6. The lowest BCUT2D eigenvalue weighted by Crippen LogP contribution is -2.39. The van der Waals surface area contributed by atoms with Crippen LogP contribution in [-0.2, 0) is 0 Å². The molecule has 1 aromatic heterocycles. The van der Waals surface area contributed by atoms with E-state index in [4.69, 9.17) is 5.73 Å². The van der Waals surface area contributed by atoms with Crippen LogP contribution in [0, 0.1) is 0 Å². The van der Waals surface area contributed by atoms with Crippen LogP contribution in [0.3, 0.4) is 0 Å². The molecule has 0 aliphatic heterocycles. The summed E-state index contributed by atoms with van der Waals surface area (Å²) in [6.07, 6.45) is 1.73. The standard InChI is InChI=1S/C9H15N3O/c1-7(6-10)12(2)9(13)8-4-3-5-11-8/h3-5,7,11H,6,10H2,1-2H3. The molecule has 1 amide bonds. The molecule has 0 aromatic carbocycles. The molecule has 3 N–H and O–H groups in total. The summed E-state index contributed by atoms with van der Waals surface area (Å²) in [5.74, 6) is -0.0250. The average molecular weight is 181 g/mol. The van der Waals surface area contributed by atoms with E-state index in [9.17, 15) is 4.79 Å². The van der Waals surface area contributed by atoms with Crippen molar-refractivity contribution in [3.05, 3.63) is 24.0 Å². The van der Waals surface area contributed by atoms with Gasteiger partial charge in [-0.05, 0) is 19.1 Å². The number of carbonyl (C=O) groups excluding carboxylic acids is 1. The van der Waals surface area contributed by atoms with Gasteiger partial charge in [0.25, 0.3) is 5.91 Å². The lowest BCUT2D eigenvalue weighted by molar-refractivity contribution is 0.0743. The predicted octanol–water partition coefficient (Wildman–Crippen LogP) is 0.434. The molecule has 0 aliphatic carbocycles. The van der Waals surface area contributed by atoms with Gasteiger partial charge in [0.05, 0.1) is 0 Å². The molecular weight excluding hydrogens is 166 g/mol. The van der Waals surface area contributed by atoms with Crippen LogP contribution >= 0.6 is 0 Å². The van der Waals surface area contributed by atoms with Crippen LogP contribution < -0.4 is 5.73 Å². The number of likely N-dealkylation sites (N-methyl/N-ethyl adjacent to an activating group) is 1. The van der Waals surface area contributed by atoms with Gasteiger partial charge in [-0.2, -0.15) is 0 Å². The van der Waals surface area contributed by atoms with Gasteiger partial charge in [0.1, 0.15) is 5.69 Å². The zero-order valence-electron chi connectivity index (χ0n) is 7.95. The number of carbonyl (C=O) groups is 1. The van der Waals surface area contributed by atoms with Crippen molar-refractivity contribution < 1.29 is 4.79 Å². The summed E-state index contributed by atoms with van der Waals surface area (Å²) in [6.45, 7) is 2.39. The molecule has 0 bridgehead atoms. The van der Waals surface area contributed by atoms with Crippen LogP contribution in [0.4, 0.5) is 0 Å². The van der Waals surface area contributed by atoms with Gasteiger partial charge >= 0.3 is 0 Å². The third-order valence-electron chi connectivity index (χ3n) is 2.15. The molecule has 72 valence electrons. The molecule has 1 rings (SSSR count). The average Bonchev–Trinajstić information content (AvgIpc) is 2.67. The fraction of sp³-hybridized carbons (Fsp3) is 0.444. The predicted molar refractivity (Wildman–Crippen MR) is 51.4 cm³/mol. The van der Waals surface area contributed by atoms with Crippen molar-refractivity contribution in [3.8, 4) is 0 Å². The smallest absolute Gasteiger partial charge is 0.270 e. The molecule has 1 unspecified atom stereocenters. The minimum atomic E-state index is -0.0250. The molecule has 4 nitrogen and oxygen atoms in total. The van der Waals surface area contributed by atoms with Crippen molar-refractivity contribution in [2.24, 2.45) is 5.73 Å². The van der Waals surface area contributed by atoms with Gasteiger partial charge in [0, 0.05) is 25.8 Å². The van der Waals surface area contributed by atoms with E-state index in [1.54, 1.807) is 30.3 Å². The highest BCUT2D eigenvalue weighted by molar-refractivity contribution is 5.92. The highest BCUT2D eigenvalue weighted by Crippen LogP contribution is 2.02. The molecule has 0 aliphatic rings. The van der Waals surface area contributed by atoms with E-state index in [2.05, 4.69) is 4.98 Å². The largest absolute Gasteiger partial charge is 0.357 e. The molecule has 0 spiro atoms. The van der Waals surface area contributed by atoms with E-state index in [-0.39, 0.29) is 11.9 Å². The number of nitrogens with zero attached hydrogens (tertiary/aromatic N) is 1. The number of H-pyrrole nitrogens is 1. The number of aromatic amines is 1. The first-order valence-corrected chi connectivity index (χ1v) is 4.27. The molecule has 4 heteroatoms. The number of hydrogen-bond donors (Lipinski definition) is 2. The normalized spacial score (nSPS) is 12.5. The van der Waals surface area contributed by atoms with E-state index in [1.807, 2.05) is 6.92 Å². The van der Waals surface area contributed by atoms with Gasteiger partial charge in [-0.1, -0.05) is 0 Å². The lowest BCUT2D eigenvalue weighted by atomic mass is 10.2. The summed E-state index contributed by atoms with van der Waals surface area (Å²) in [5, 5.41) is 0. The second-order valence-corrected chi connectivity index (χ2v) is 3.08. The number of amides is 1. The van der Waals surface area contributed by atoms with Gasteiger partial charge in [0.2, 0.25) is 0 Å². The van der Waals surface area contributed by atoms with Crippen molar-refractivity contribution in [1.82, 2.24) is 9.88 Å². The second kappa shape index (κ2) is 4.09. The van der Waals surface area contributed by atoms with Crippen molar-refractivity contribution >= 4 is 5.91 Å². The van der Waals surface area contributed by atoms with Crippen molar-refractivity contribution in [1.29, 1.82) is 0 Å². The quantitative estimate of drug-likeness (QED) is 0.710. The van der Waals surface area contributed by atoms with E-state index in [0.29, 0.717) is 12.2 Å². The maximum atomic E-state index is 11.6. The first-order chi connectivity index (χ1) is 6.16. The summed E-state index contributed by atoms with van der Waals surface area (Å²) in [7, 11) is 1.75. The van der Waals surface area contributed by atoms with Crippen LogP contribution in [0.2, 0.25) is 0 Å². The fourth-order valence-electron chi connectivity index (χ4n) is 1.01. The molecule has 0 radical (unpaired) electrons. The lowest BCUT2D eigenvalue weighted by Gasteiger charge is -2.22. The van der Waals surface area contributed by atoms with Crippen LogP contribution in [0.25, 0.3) is 0 Å². The van der Waals surface area contributed by atoms with Crippen molar-refractivity contribution in [2.45, 2.75) is 13.0 Å². The van der Waals surface area contributed by atoms with Crippen molar-refractivity contribution in [3.63, 3.8) is 0 Å². The first-order valence-electron chi connectivity index (χ1n) is 4.27. The molecule has 1 atom stereocenters. The zero-order chi connectivity index (χ0) is 9.84. The number of hydrogen-bond acceptors (Lipinski definition) is 2. The van der Waals surface area contributed by atoms with Crippen LogP contribution in [0.5, 0.6) is 0 Å². The summed E-state index contributed by atoms with van der Waals surface area (Å²) in [5.41, 5.74) is 6.06. The highest BCUT2D eigenvalue weighted by Gasteiger charge is 2.16. The Bertz CT molecular complexity index is 268. The number of aromatic nitrogens is 1. The number of nitrogens with one attached hydrogen (secondary N) is 1. The van der Waals surface area contributed by atoms with Gasteiger partial charge in [-0.25, -0.2) is 0 Å².